The van der Waals surface area contributed by atoms with Crippen molar-refractivity contribution in [2.75, 3.05) is 13.1 Å². The number of rotatable bonds is 3. The summed E-state index contributed by atoms with van der Waals surface area (Å²) in [6.45, 7) is 2.12. The molecule has 0 radical (unpaired) electrons. The van der Waals surface area contributed by atoms with E-state index in [4.69, 9.17) is 4.74 Å². The van der Waals surface area contributed by atoms with Gasteiger partial charge in [-0.2, -0.15) is 0 Å². The third-order valence-corrected chi connectivity index (χ3v) is 3.55. The quantitative estimate of drug-likeness (QED) is 0.925. The predicted molar refractivity (Wildman–Crippen MR) is 85.6 cm³/mol. The molecular formula is C17H20ClNO. The maximum Gasteiger partial charge on any atom is 0.119 e. The number of hydrogen-bond donors (Lipinski definition) is 1. The van der Waals surface area contributed by atoms with Crippen molar-refractivity contribution in [2.24, 2.45) is 0 Å². The highest BCUT2D eigenvalue weighted by Gasteiger charge is 2.14. The highest BCUT2D eigenvalue weighted by Crippen LogP contribution is 2.23. The molecule has 3 heteroatoms. The molecule has 0 amide bonds. The average Bonchev–Trinajstić information content (AvgIpc) is 2.50. The minimum absolute atomic E-state index is 0. The fraction of sp³-hybridized carbons (Fsp3) is 0.294. The summed E-state index contributed by atoms with van der Waals surface area (Å²) in [4.78, 5) is 0. The summed E-state index contributed by atoms with van der Waals surface area (Å²) in [6, 6.07) is 18.8. The number of halogens is 1. The fourth-order valence-electron chi connectivity index (χ4n) is 2.46. The van der Waals surface area contributed by atoms with E-state index in [-0.39, 0.29) is 12.4 Å². The maximum absolute atomic E-state index is 6.01. The first-order valence-electron chi connectivity index (χ1n) is 6.95. The number of hydrogen-bond acceptors (Lipinski definition) is 2. The molecule has 0 atom stereocenters. The Hall–Kier alpha value is -1.51. The SMILES string of the molecule is Cl.c1ccc(-c2ccc(OC3CCNCC3)cc2)cc1. The fourth-order valence-corrected chi connectivity index (χ4v) is 2.46. The molecule has 1 aliphatic rings. The minimum atomic E-state index is 0. The molecule has 0 aromatic heterocycles. The van der Waals surface area contributed by atoms with Gasteiger partial charge in [0.15, 0.2) is 0 Å². The summed E-state index contributed by atoms with van der Waals surface area (Å²) in [5.74, 6) is 0.978. The van der Waals surface area contributed by atoms with E-state index in [9.17, 15) is 0 Å². The molecule has 20 heavy (non-hydrogen) atoms. The Balaban J connectivity index is 0.00000147. The zero-order valence-corrected chi connectivity index (χ0v) is 12.2. The van der Waals surface area contributed by atoms with E-state index < -0.39 is 0 Å². The van der Waals surface area contributed by atoms with Crippen molar-refractivity contribution >= 4 is 12.4 Å². The van der Waals surface area contributed by atoms with Gasteiger partial charge in [-0.15, -0.1) is 12.4 Å². The zero-order chi connectivity index (χ0) is 12.9. The smallest absolute Gasteiger partial charge is 0.119 e. The molecule has 0 unspecified atom stereocenters. The largest absolute Gasteiger partial charge is 0.490 e. The van der Waals surface area contributed by atoms with Crippen molar-refractivity contribution in [2.45, 2.75) is 18.9 Å². The Labute approximate surface area is 126 Å². The topological polar surface area (TPSA) is 21.3 Å². The Bertz CT molecular complexity index is 506. The molecule has 0 bridgehead atoms. The van der Waals surface area contributed by atoms with Crippen LogP contribution in [0, 0.1) is 0 Å². The van der Waals surface area contributed by atoms with Gasteiger partial charge in [0.25, 0.3) is 0 Å². The summed E-state index contributed by atoms with van der Waals surface area (Å²) in [5.41, 5.74) is 2.48. The molecule has 106 valence electrons. The lowest BCUT2D eigenvalue weighted by Gasteiger charge is -2.23. The van der Waals surface area contributed by atoms with Gasteiger partial charge in [0, 0.05) is 0 Å². The lowest BCUT2D eigenvalue weighted by Crippen LogP contribution is -2.34. The summed E-state index contributed by atoms with van der Waals surface area (Å²) in [6.07, 6.45) is 2.56. The zero-order valence-electron chi connectivity index (χ0n) is 11.4. The third kappa shape index (κ3) is 3.75. The Morgan fingerprint density at radius 3 is 2.05 bits per heavy atom. The molecule has 1 heterocycles. The number of ether oxygens (including phenoxy) is 1. The van der Waals surface area contributed by atoms with Crippen LogP contribution < -0.4 is 10.1 Å². The molecule has 2 aromatic rings. The predicted octanol–water partition coefficient (Wildman–Crippen LogP) is 3.91. The highest BCUT2D eigenvalue weighted by atomic mass is 35.5. The van der Waals surface area contributed by atoms with Crippen molar-refractivity contribution in [1.29, 1.82) is 0 Å². The summed E-state index contributed by atoms with van der Waals surface area (Å²) < 4.78 is 6.01. The molecule has 0 saturated carbocycles. The van der Waals surface area contributed by atoms with E-state index in [0.717, 1.165) is 31.7 Å². The van der Waals surface area contributed by atoms with E-state index in [1.165, 1.54) is 11.1 Å². The first kappa shape index (κ1) is 14.9. The van der Waals surface area contributed by atoms with Crippen LogP contribution in [0.15, 0.2) is 54.6 Å². The van der Waals surface area contributed by atoms with E-state index >= 15 is 0 Å². The van der Waals surface area contributed by atoms with Gasteiger partial charge in [-0.3, -0.25) is 0 Å². The molecule has 2 nitrogen and oxygen atoms in total. The van der Waals surface area contributed by atoms with Crippen molar-refractivity contribution < 1.29 is 4.74 Å². The van der Waals surface area contributed by atoms with Gasteiger partial charge in [0.1, 0.15) is 11.9 Å². The van der Waals surface area contributed by atoms with Crippen LogP contribution in [0.4, 0.5) is 0 Å². The van der Waals surface area contributed by atoms with Crippen LogP contribution in [0.3, 0.4) is 0 Å². The highest BCUT2D eigenvalue weighted by molar-refractivity contribution is 5.85. The molecule has 1 fully saturated rings. The van der Waals surface area contributed by atoms with Crippen LogP contribution >= 0.6 is 12.4 Å². The second-order valence-electron chi connectivity index (χ2n) is 4.96. The second kappa shape index (κ2) is 7.32. The summed E-state index contributed by atoms with van der Waals surface area (Å²) >= 11 is 0. The standard InChI is InChI=1S/C17H19NO.ClH/c1-2-4-14(5-3-1)15-6-8-16(9-7-15)19-17-10-12-18-13-11-17;/h1-9,17-18H,10-13H2;1H. The third-order valence-electron chi connectivity index (χ3n) is 3.55. The minimum Gasteiger partial charge on any atom is -0.490 e. The van der Waals surface area contributed by atoms with Crippen LogP contribution in [-0.2, 0) is 0 Å². The van der Waals surface area contributed by atoms with Crippen molar-refractivity contribution in [3.63, 3.8) is 0 Å². The normalized spacial score (nSPS) is 15.4. The van der Waals surface area contributed by atoms with Crippen molar-refractivity contribution in [3.05, 3.63) is 54.6 Å². The molecule has 1 aliphatic heterocycles. The average molecular weight is 290 g/mol. The van der Waals surface area contributed by atoms with Crippen LogP contribution in [0.25, 0.3) is 11.1 Å². The Morgan fingerprint density at radius 1 is 0.800 bits per heavy atom. The molecule has 3 rings (SSSR count). The first-order valence-corrected chi connectivity index (χ1v) is 6.95. The molecule has 0 aliphatic carbocycles. The van der Waals surface area contributed by atoms with Gasteiger partial charge in [-0.25, -0.2) is 0 Å². The Morgan fingerprint density at radius 2 is 1.40 bits per heavy atom. The molecule has 1 N–H and O–H groups in total. The van der Waals surface area contributed by atoms with Crippen LogP contribution in [-0.4, -0.2) is 19.2 Å². The van der Waals surface area contributed by atoms with E-state index in [1.807, 2.05) is 6.07 Å². The van der Waals surface area contributed by atoms with Crippen LogP contribution in [0.1, 0.15) is 12.8 Å². The summed E-state index contributed by atoms with van der Waals surface area (Å²) in [7, 11) is 0. The van der Waals surface area contributed by atoms with Gasteiger partial charge in [0.2, 0.25) is 0 Å². The monoisotopic (exact) mass is 289 g/mol. The maximum atomic E-state index is 6.01. The molecular weight excluding hydrogens is 270 g/mol. The molecule has 1 saturated heterocycles. The lowest BCUT2D eigenvalue weighted by atomic mass is 10.1. The van der Waals surface area contributed by atoms with Gasteiger partial charge < -0.3 is 10.1 Å². The van der Waals surface area contributed by atoms with E-state index in [0.29, 0.717) is 6.10 Å². The van der Waals surface area contributed by atoms with E-state index in [2.05, 4.69) is 53.8 Å². The lowest BCUT2D eigenvalue weighted by molar-refractivity contribution is 0.162. The van der Waals surface area contributed by atoms with Gasteiger partial charge in [0.05, 0.1) is 0 Å². The number of piperidine rings is 1. The number of benzene rings is 2. The van der Waals surface area contributed by atoms with Crippen LogP contribution in [0.2, 0.25) is 0 Å². The van der Waals surface area contributed by atoms with Gasteiger partial charge >= 0.3 is 0 Å². The van der Waals surface area contributed by atoms with Gasteiger partial charge in [-0.1, -0.05) is 42.5 Å². The molecule has 2 aromatic carbocycles. The van der Waals surface area contributed by atoms with Crippen LogP contribution in [0.5, 0.6) is 5.75 Å². The summed E-state index contributed by atoms with van der Waals surface area (Å²) in [5, 5.41) is 3.35. The first-order chi connectivity index (χ1) is 9.42. The van der Waals surface area contributed by atoms with Gasteiger partial charge in [-0.05, 0) is 49.2 Å². The van der Waals surface area contributed by atoms with Crippen molar-refractivity contribution in [1.82, 2.24) is 5.32 Å². The van der Waals surface area contributed by atoms with Crippen molar-refractivity contribution in [3.8, 4) is 16.9 Å². The Kier molecular flexibility index (Phi) is 5.45. The molecule has 0 spiro atoms. The number of nitrogens with one attached hydrogen (secondary N) is 1. The van der Waals surface area contributed by atoms with E-state index in [1.54, 1.807) is 0 Å². The second-order valence-corrected chi connectivity index (χ2v) is 4.96.